The summed E-state index contributed by atoms with van der Waals surface area (Å²) in [5.74, 6) is 1.81. The zero-order valence-electron chi connectivity index (χ0n) is 26.5. The molecule has 228 valence electrons. The summed E-state index contributed by atoms with van der Waals surface area (Å²) in [7, 11) is 0. The Labute approximate surface area is 279 Å². The highest BCUT2D eigenvalue weighted by Crippen LogP contribution is 2.38. The predicted molar refractivity (Wildman–Crippen MR) is 201 cm³/mol. The number of nitrogen functional groups attached to an aromatic ring is 1. The maximum atomic E-state index is 6.82. The van der Waals surface area contributed by atoms with Crippen molar-refractivity contribution in [3.05, 3.63) is 163 Å². The second kappa shape index (κ2) is 12.4. The molecule has 0 aliphatic heterocycles. The molecule has 1 heterocycles. The Morgan fingerprint density at radius 3 is 1.48 bits per heavy atom. The van der Waals surface area contributed by atoms with Crippen LogP contribution in [-0.2, 0) is 0 Å². The lowest BCUT2D eigenvalue weighted by atomic mass is 9.94. The smallest absolute Gasteiger partial charge is 0.164 e. The van der Waals surface area contributed by atoms with Crippen molar-refractivity contribution in [1.82, 2.24) is 15.0 Å². The summed E-state index contributed by atoms with van der Waals surface area (Å²) in [5, 5.41) is 4.23. The van der Waals surface area contributed by atoms with Gasteiger partial charge in [-0.1, -0.05) is 146 Å². The average molecular weight is 617 g/mol. The second-order valence-electron chi connectivity index (χ2n) is 11.8. The summed E-state index contributed by atoms with van der Waals surface area (Å²) < 4.78 is 0. The van der Waals surface area contributed by atoms with Gasteiger partial charge < -0.3 is 5.73 Å². The summed E-state index contributed by atoms with van der Waals surface area (Å²) >= 11 is 0. The Bertz CT molecular complexity index is 2360. The molecule has 0 bridgehead atoms. The van der Waals surface area contributed by atoms with E-state index in [0.717, 1.165) is 71.7 Å². The maximum absolute atomic E-state index is 6.82. The van der Waals surface area contributed by atoms with E-state index in [1.54, 1.807) is 0 Å². The van der Waals surface area contributed by atoms with Crippen LogP contribution in [0.2, 0.25) is 0 Å². The Kier molecular flexibility index (Phi) is 7.52. The Morgan fingerprint density at radius 2 is 0.896 bits per heavy atom. The van der Waals surface area contributed by atoms with Crippen LogP contribution in [0, 0.1) is 0 Å². The maximum Gasteiger partial charge on any atom is 0.164 e. The third-order valence-corrected chi connectivity index (χ3v) is 8.80. The summed E-state index contributed by atoms with van der Waals surface area (Å²) in [6.07, 6.45) is 4.05. The number of rotatable bonds is 6. The molecule has 2 N–H and O–H groups in total. The summed E-state index contributed by atoms with van der Waals surface area (Å²) in [5.41, 5.74) is 15.8. The topological polar surface area (TPSA) is 64.7 Å². The molecule has 8 aromatic rings. The van der Waals surface area contributed by atoms with Crippen molar-refractivity contribution in [2.24, 2.45) is 0 Å². The van der Waals surface area contributed by atoms with Crippen LogP contribution < -0.4 is 5.73 Å². The standard InChI is InChI=1S/C44H32N4/c1-2-13-31-24-25-38-36-22-9-10-23-37(36)40(28-39(38)41(31)45)44-47-42(34-20-11-18-32(26-34)29-14-5-3-6-15-29)46-43(48-44)35-21-12-19-33(27-35)30-16-7-4-8-17-30/h2-28H,45H2,1H3/b13-2-. The predicted octanol–water partition coefficient (Wildman–Crippen LogP) is 11.1. The van der Waals surface area contributed by atoms with Gasteiger partial charge in [-0.2, -0.15) is 0 Å². The van der Waals surface area contributed by atoms with Crippen LogP contribution in [-0.4, -0.2) is 15.0 Å². The molecule has 4 heteroatoms. The zero-order valence-corrected chi connectivity index (χ0v) is 26.5. The van der Waals surface area contributed by atoms with Gasteiger partial charge in [0.25, 0.3) is 0 Å². The van der Waals surface area contributed by atoms with Crippen LogP contribution in [0.3, 0.4) is 0 Å². The first-order valence-electron chi connectivity index (χ1n) is 16.1. The fraction of sp³-hybridized carbons (Fsp3) is 0.0227. The molecular formula is C44H32N4. The average Bonchev–Trinajstić information content (AvgIpc) is 3.16. The SMILES string of the molecule is C/C=C\c1ccc2c(cc(-c3nc(-c4cccc(-c5ccccc5)c4)nc(-c4cccc(-c5ccccc5)c4)n3)c3ccccc32)c1N. The summed E-state index contributed by atoms with van der Waals surface area (Å²) in [6.45, 7) is 2.00. The monoisotopic (exact) mass is 616 g/mol. The minimum Gasteiger partial charge on any atom is -0.398 e. The van der Waals surface area contributed by atoms with E-state index in [0.29, 0.717) is 17.5 Å². The van der Waals surface area contributed by atoms with Gasteiger partial charge >= 0.3 is 0 Å². The number of allylic oxidation sites excluding steroid dienone is 1. The van der Waals surface area contributed by atoms with Crippen LogP contribution in [0.25, 0.3) is 84.0 Å². The number of benzene rings is 7. The molecule has 0 amide bonds. The van der Waals surface area contributed by atoms with Crippen molar-refractivity contribution in [2.45, 2.75) is 6.92 Å². The molecule has 0 atom stereocenters. The second-order valence-corrected chi connectivity index (χ2v) is 11.8. The number of nitrogens with zero attached hydrogens (tertiary/aromatic N) is 3. The van der Waals surface area contributed by atoms with Gasteiger partial charge in [-0.15, -0.1) is 0 Å². The van der Waals surface area contributed by atoms with Gasteiger partial charge in [-0.05, 0) is 69.1 Å². The lowest BCUT2D eigenvalue weighted by Gasteiger charge is -2.15. The fourth-order valence-corrected chi connectivity index (χ4v) is 6.42. The van der Waals surface area contributed by atoms with E-state index < -0.39 is 0 Å². The van der Waals surface area contributed by atoms with Crippen molar-refractivity contribution < 1.29 is 0 Å². The van der Waals surface area contributed by atoms with Crippen LogP contribution in [0.5, 0.6) is 0 Å². The van der Waals surface area contributed by atoms with Crippen LogP contribution >= 0.6 is 0 Å². The molecule has 0 saturated heterocycles. The molecule has 0 radical (unpaired) electrons. The molecule has 0 unspecified atom stereocenters. The van der Waals surface area contributed by atoms with E-state index in [2.05, 4.69) is 140 Å². The number of nitrogens with two attached hydrogens (primary N) is 1. The number of hydrogen-bond donors (Lipinski definition) is 1. The first kappa shape index (κ1) is 29.0. The third kappa shape index (κ3) is 5.40. The molecule has 1 aromatic heterocycles. The minimum absolute atomic E-state index is 0.596. The quantitative estimate of drug-likeness (QED) is 0.149. The Morgan fingerprint density at radius 1 is 0.417 bits per heavy atom. The largest absolute Gasteiger partial charge is 0.398 e. The van der Waals surface area contributed by atoms with Crippen LogP contribution in [0.1, 0.15) is 12.5 Å². The Hall–Kier alpha value is -6.39. The van der Waals surface area contributed by atoms with Gasteiger partial charge in [-0.25, -0.2) is 15.0 Å². The number of anilines is 1. The summed E-state index contributed by atoms with van der Waals surface area (Å²) in [6, 6.07) is 52.3. The van der Waals surface area contributed by atoms with Gasteiger partial charge in [0.2, 0.25) is 0 Å². The van der Waals surface area contributed by atoms with Crippen molar-refractivity contribution in [2.75, 3.05) is 5.73 Å². The van der Waals surface area contributed by atoms with Gasteiger partial charge in [0.15, 0.2) is 17.5 Å². The highest BCUT2D eigenvalue weighted by molar-refractivity contribution is 6.17. The van der Waals surface area contributed by atoms with Crippen molar-refractivity contribution in [3.63, 3.8) is 0 Å². The first-order chi connectivity index (χ1) is 23.7. The zero-order chi connectivity index (χ0) is 32.5. The Balaban J connectivity index is 1.39. The molecule has 7 aromatic carbocycles. The van der Waals surface area contributed by atoms with Crippen LogP contribution in [0.4, 0.5) is 5.69 Å². The third-order valence-electron chi connectivity index (χ3n) is 8.80. The molecular weight excluding hydrogens is 585 g/mol. The van der Waals surface area contributed by atoms with Gasteiger partial charge in [0, 0.05) is 27.8 Å². The van der Waals surface area contributed by atoms with E-state index in [1.807, 2.05) is 31.2 Å². The molecule has 0 aliphatic carbocycles. The molecule has 8 rings (SSSR count). The van der Waals surface area contributed by atoms with Gasteiger partial charge in [0.05, 0.1) is 0 Å². The molecule has 48 heavy (non-hydrogen) atoms. The van der Waals surface area contributed by atoms with E-state index in [1.165, 1.54) is 0 Å². The number of fused-ring (bicyclic) bond motifs is 3. The summed E-state index contributed by atoms with van der Waals surface area (Å²) in [4.78, 5) is 15.5. The molecule has 0 saturated carbocycles. The van der Waals surface area contributed by atoms with Crippen molar-refractivity contribution >= 4 is 33.3 Å². The normalized spacial score (nSPS) is 11.4. The van der Waals surface area contributed by atoms with Crippen molar-refractivity contribution in [1.29, 1.82) is 0 Å². The lowest BCUT2D eigenvalue weighted by molar-refractivity contribution is 1.08. The van der Waals surface area contributed by atoms with Crippen LogP contribution in [0.15, 0.2) is 158 Å². The van der Waals surface area contributed by atoms with Gasteiger partial charge in [-0.3, -0.25) is 0 Å². The van der Waals surface area contributed by atoms with E-state index in [4.69, 9.17) is 20.7 Å². The van der Waals surface area contributed by atoms with Crippen molar-refractivity contribution in [3.8, 4) is 56.4 Å². The highest BCUT2D eigenvalue weighted by Gasteiger charge is 2.18. The van der Waals surface area contributed by atoms with E-state index in [9.17, 15) is 0 Å². The lowest BCUT2D eigenvalue weighted by Crippen LogP contribution is -2.01. The molecule has 4 nitrogen and oxygen atoms in total. The highest BCUT2D eigenvalue weighted by atomic mass is 15.0. The molecule has 0 fully saturated rings. The minimum atomic E-state index is 0.596. The fourth-order valence-electron chi connectivity index (χ4n) is 6.42. The number of hydrogen-bond acceptors (Lipinski definition) is 4. The first-order valence-corrected chi connectivity index (χ1v) is 16.1. The van der Waals surface area contributed by atoms with Gasteiger partial charge in [0.1, 0.15) is 0 Å². The number of aromatic nitrogens is 3. The van der Waals surface area contributed by atoms with E-state index in [-0.39, 0.29) is 0 Å². The van der Waals surface area contributed by atoms with E-state index >= 15 is 0 Å². The molecule has 0 aliphatic rings. The molecule has 0 spiro atoms.